The summed E-state index contributed by atoms with van der Waals surface area (Å²) in [7, 11) is -2.95. The van der Waals surface area contributed by atoms with Gasteiger partial charge in [0.15, 0.2) is 9.84 Å². The van der Waals surface area contributed by atoms with Gasteiger partial charge in [0, 0.05) is 13.0 Å². The van der Waals surface area contributed by atoms with E-state index in [2.05, 4.69) is 10.4 Å². The van der Waals surface area contributed by atoms with Crippen LogP contribution in [0.1, 0.15) is 25.1 Å². The van der Waals surface area contributed by atoms with Gasteiger partial charge in [-0.2, -0.15) is 5.10 Å². The predicted octanol–water partition coefficient (Wildman–Crippen LogP) is 0.510. The van der Waals surface area contributed by atoms with Crippen molar-refractivity contribution in [2.75, 3.05) is 16.8 Å². The van der Waals surface area contributed by atoms with Gasteiger partial charge >= 0.3 is 0 Å². The fourth-order valence-electron chi connectivity index (χ4n) is 2.04. The molecule has 1 saturated heterocycles. The monoisotopic (exact) mass is 257 g/mol. The standard InChI is InChI=1S/C10H15N3O3S/c1-7-5-10(11-8(2)14)13(12-7)9-3-4-17(15,16)6-9/h5,9H,3-4,6H2,1-2H3,(H,11,14). The maximum absolute atomic E-state index is 11.4. The SMILES string of the molecule is CC(=O)Nc1cc(C)nn1C1CCS(=O)(=O)C1. The summed E-state index contributed by atoms with van der Waals surface area (Å²) in [5.74, 6) is 0.667. The van der Waals surface area contributed by atoms with Crippen LogP contribution in [0.3, 0.4) is 0 Å². The Morgan fingerprint density at radius 3 is 2.82 bits per heavy atom. The van der Waals surface area contributed by atoms with E-state index in [1.165, 1.54) is 6.92 Å². The number of amides is 1. The van der Waals surface area contributed by atoms with Gasteiger partial charge in [0.1, 0.15) is 5.82 Å². The van der Waals surface area contributed by atoms with Crippen molar-refractivity contribution in [3.8, 4) is 0 Å². The Balaban J connectivity index is 2.29. The van der Waals surface area contributed by atoms with Crippen molar-refractivity contribution in [1.29, 1.82) is 0 Å². The summed E-state index contributed by atoms with van der Waals surface area (Å²) < 4.78 is 24.5. The highest BCUT2D eigenvalue weighted by Crippen LogP contribution is 2.26. The largest absolute Gasteiger partial charge is 0.311 e. The van der Waals surface area contributed by atoms with Gasteiger partial charge in [-0.05, 0) is 13.3 Å². The molecular weight excluding hydrogens is 242 g/mol. The van der Waals surface area contributed by atoms with Crippen LogP contribution < -0.4 is 5.32 Å². The first-order valence-electron chi connectivity index (χ1n) is 5.41. The van der Waals surface area contributed by atoms with Gasteiger partial charge in [-0.15, -0.1) is 0 Å². The molecule has 17 heavy (non-hydrogen) atoms. The molecule has 7 heteroatoms. The first kappa shape index (κ1) is 12.1. The van der Waals surface area contributed by atoms with Gasteiger partial charge in [0.05, 0.1) is 23.2 Å². The van der Waals surface area contributed by atoms with Gasteiger partial charge in [-0.25, -0.2) is 13.1 Å². The average Bonchev–Trinajstić information content (AvgIpc) is 2.68. The molecular formula is C10H15N3O3S. The highest BCUT2D eigenvalue weighted by atomic mass is 32.2. The Morgan fingerprint density at radius 2 is 2.29 bits per heavy atom. The summed E-state index contributed by atoms with van der Waals surface area (Å²) in [5.41, 5.74) is 0.762. The van der Waals surface area contributed by atoms with Crippen LogP contribution in [-0.2, 0) is 14.6 Å². The van der Waals surface area contributed by atoms with Crippen LogP contribution in [-0.4, -0.2) is 35.6 Å². The van der Waals surface area contributed by atoms with Crippen molar-refractivity contribution in [3.05, 3.63) is 11.8 Å². The number of nitrogens with one attached hydrogen (secondary N) is 1. The van der Waals surface area contributed by atoms with E-state index in [0.717, 1.165) is 5.69 Å². The van der Waals surface area contributed by atoms with E-state index in [1.807, 2.05) is 6.92 Å². The van der Waals surface area contributed by atoms with Crippen LogP contribution in [0.15, 0.2) is 6.07 Å². The Morgan fingerprint density at radius 1 is 1.59 bits per heavy atom. The number of aromatic nitrogens is 2. The van der Waals surface area contributed by atoms with Gasteiger partial charge in [-0.1, -0.05) is 0 Å². The normalized spacial score (nSPS) is 22.6. The molecule has 94 valence electrons. The molecule has 1 N–H and O–H groups in total. The lowest BCUT2D eigenvalue weighted by Crippen LogP contribution is -2.17. The minimum absolute atomic E-state index is 0.0979. The minimum atomic E-state index is -2.95. The van der Waals surface area contributed by atoms with Gasteiger partial charge in [-0.3, -0.25) is 4.79 Å². The molecule has 1 aliphatic heterocycles. The number of rotatable bonds is 2. The quantitative estimate of drug-likeness (QED) is 0.837. The number of hydrogen-bond acceptors (Lipinski definition) is 4. The van der Waals surface area contributed by atoms with Crippen molar-refractivity contribution in [2.24, 2.45) is 0 Å². The third-order valence-corrected chi connectivity index (χ3v) is 4.47. The van der Waals surface area contributed by atoms with Gasteiger partial charge < -0.3 is 5.32 Å². The highest BCUT2D eigenvalue weighted by molar-refractivity contribution is 7.91. The highest BCUT2D eigenvalue weighted by Gasteiger charge is 2.31. The molecule has 1 aromatic heterocycles. The number of carbonyl (C=O) groups is 1. The summed E-state index contributed by atoms with van der Waals surface area (Å²) in [6, 6.07) is 1.57. The molecule has 1 aromatic rings. The van der Waals surface area contributed by atoms with E-state index in [0.29, 0.717) is 12.2 Å². The fourth-order valence-corrected chi connectivity index (χ4v) is 3.73. The lowest BCUT2D eigenvalue weighted by Gasteiger charge is -2.12. The lowest BCUT2D eigenvalue weighted by atomic mass is 10.3. The zero-order valence-corrected chi connectivity index (χ0v) is 10.6. The minimum Gasteiger partial charge on any atom is -0.311 e. The van der Waals surface area contributed by atoms with E-state index in [-0.39, 0.29) is 23.5 Å². The van der Waals surface area contributed by atoms with Crippen LogP contribution in [0.5, 0.6) is 0 Å². The number of anilines is 1. The third kappa shape index (κ3) is 2.66. The molecule has 0 aliphatic carbocycles. The molecule has 0 radical (unpaired) electrons. The molecule has 6 nitrogen and oxygen atoms in total. The summed E-state index contributed by atoms with van der Waals surface area (Å²) in [4.78, 5) is 11.0. The fraction of sp³-hybridized carbons (Fsp3) is 0.600. The second-order valence-corrected chi connectivity index (χ2v) is 6.58. The molecule has 1 fully saturated rings. The Labute approximate surface area is 99.9 Å². The van der Waals surface area contributed by atoms with Crippen LogP contribution in [0.25, 0.3) is 0 Å². The number of nitrogens with zero attached hydrogens (tertiary/aromatic N) is 2. The molecule has 1 atom stereocenters. The Kier molecular flexibility index (Phi) is 2.94. The Bertz CT molecular complexity index is 547. The molecule has 0 saturated carbocycles. The van der Waals surface area contributed by atoms with E-state index in [4.69, 9.17) is 0 Å². The predicted molar refractivity (Wildman–Crippen MR) is 63.6 cm³/mol. The maximum atomic E-state index is 11.4. The number of carbonyl (C=O) groups excluding carboxylic acids is 1. The number of sulfone groups is 1. The molecule has 2 heterocycles. The third-order valence-electron chi connectivity index (χ3n) is 2.72. The van der Waals surface area contributed by atoms with Crippen molar-refractivity contribution in [2.45, 2.75) is 26.3 Å². The molecule has 1 amide bonds. The molecule has 0 spiro atoms. The van der Waals surface area contributed by atoms with E-state index in [9.17, 15) is 13.2 Å². The van der Waals surface area contributed by atoms with Gasteiger partial charge in [0.25, 0.3) is 0 Å². The lowest BCUT2D eigenvalue weighted by molar-refractivity contribution is -0.114. The Hall–Kier alpha value is -1.37. The summed E-state index contributed by atoms with van der Waals surface area (Å²) >= 11 is 0. The number of hydrogen-bond donors (Lipinski definition) is 1. The summed E-state index contributed by atoms with van der Waals surface area (Å²) in [6.45, 7) is 3.23. The molecule has 1 unspecified atom stereocenters. The maximum Gasteiger partial charge on any atom is 0.222 e. The van der Waals surface area contributed by atoms with Crippen molar-refractivity contribution >= 4 is 21.6 Å². The summed E-state index contributed by atoms with van der Waals surface area (Å²) in [5, 5.41) is 6.91. The zero-order chi connectivity index (χ0) is 12.6. The second kappa shape index (κ2) is 4.14. The first-order chi connectivity index (χ1) is 7.87. The molecule has 0 aromatic carbocycles. The first-order valence-corrected chi connectivity index (χ1v) is 7.24. The van der Waals surface area contributed by atoms with Gasteiger partial charge in [0.2, 0.25) is 5.91 Å². The van der Waals surface area contributed by atoms with Crippen molar-refractivity contribution < 1.29 is 13.2 Å². The van der Waals surface area contributed by atoms with E-state index < -0.39 is 9.84 Å². The average molecular weight is 257 g/mol. The number of aryl methyl sites for hydroxylation is 1. The van der Waals surface area contributed by atoms with Crippen LogP contribution in [0, 0.1) is 6.92 Å². The van der Waals surface area contributed by atoms with Crippen LogP contribution >= 0.6 is 0 Å². The summed E-state index contributed by atoms with van der Waals surface area (Å²) in [6.07, 6.45) is 0.552. The topological polar surface area (TPSA) is 81.1 Å². The van der Waals surface area contributed by atoms with Crippen LogP contribution in [0.4, 0.5) is 5.82 Å². The molecule has 2 rings (SSSR count). The van der Waals surface area contributed by atoms with Crippen molar-refractivity contribution in [1.82, 2.24) is 9.78 Å². The second-order valence-electron chi connectivity index (χ2n) is 4.35. The molecule has 0 bridgehead atoms. The van der Waals surface area contributed by atoms with Crippen molar-refractivity contribution in [3.63, 3.8) is 0 Å². The molecule has 1 aliphatic rings. The van der Waals surface area contributed by atoms with E-state index in [1.54, 1.807) is 10.7 Å². The van der Waals surface area contributed by atoms with E-state index >= 15 is 0 Å². The smallest absolute Gasteiger partial charge is 0.222 e. The zero-order valence-electron chi connectivity index (χ0n) is 9.80. The van der Waals surface area contributed by atoms with Crippen LogP contribution in [0.2, 0.25) is 0 Å².